The Bertz CT molecular complexity index is 565. The molecule has 0 radical (unpaired) electrons. The Kier molecular flexibility index (Phi) is 6.31. The van der Waals surface area contributed by atoms with E-state index in [1.165, 1.54) is 32.4 Å². The van der Waals surface area contributed by atoms with E-state index in [9.17, 15) is 17.2 Å². The Balaban J connectivity index is 3.26. The molecule has 0 bridgehead atoms. The van der Waals surface area contributed by atoms with Crippen LogP contribution in [0.15, 0.2) is 23.1 Å². The van der Waals surface area contributed by atoms with Gasteiger partial charge in [0, 0.05) is 12.6 Å². The molecule has 0 atom stereocenters. The molecule has 0 heterocycles. The van der Waals surface area contributed by atoms with Gasteiger partial charge in [0.2, 0.25) is 10.0 Å². The minimum Gasteiger partial charge on any atom is -0.497 e. The highest BCUT2D eigenvalue weighted by atomic mass is 32.2. The van der Waals surface area contributed by atoms with Crippen molar-refractivity contribution in [3.05, 3.63) is 18.2 Å². The molecular formula is C12H17F2NO5S. The molecule has 0 unspecified atom stereocenters. The van der Waals surface area contributed by atoms with Crippen LogP contribution in [0.1, 0.15) is 0 Å². The van der Waals surface area contributed by atoms with Gasteiger partial charge in [-0.1, -0.05) is 0 Å². The SMILES string of the molecule is COc1ccc(S(=O)(=O)N(CCO)CC(F)F)c(OC)c1. The number of methoxy groups -OCH3 is 2. The molecule has 9 heteroatoms. The van der Waals surface area contributed by atoms with Crippen LogP contribution in [0.25, 0.3) is 0 Å². The van der Waals surface area contributed by atoms with Crippen molar-refractivity contribution in [1.29, 1.82) is 0 Å². The molecule has 1 aromatic carbocycles. The molecule has 0 fully saturated rings. The number of ether oxygens (including phenoxy) is 2. The number of sulfonamides is 1. The van der Waals surface area contributed by atoms with E-state index >= 15 is 0 Å². The summed E-state index contributed by atoms with van der Waals surface area (Å²) in [6.07, 6.45) is -2.85. The van der Waals surface area contributed by atoms with Crippen molar-refractivity contribution in [2.24, 2.45) is 0 Å². The average Bonchev–Trinajstić information content (AvgIpc) is 2.45. The Morgan fingerprint density at radius 3 is 2.43 bits per heavy atom. The van der Waals surface area contributed by atoms with Crippen molar-refractivity contribution in [1.82, 2.24) is 4.31 Å². The largest absolute Gasteiger partial charge is 0.497 e. The van der Waals surface area contributed by atoms with E-state index < -0.39 is 36.1 Å². The van der Waals surface area contributed by atoms with Gasteiger partial charge in [-0.2, -0.15) is 4.31 Å². The standard InChI is InChI=1S/C12H17F2NO5S/c1-19-9-3-4-11(10(7-9)20-2)21(17,18)15(5-6-16)8-12(13)14/h3-4,7,12,16H,5-6,8H2,1-2H3. The maximum atomic E-state index is 12.5. The lowest BCUT2D eigenvalue weighted by Gasteiger charge is -2.22. The third-order valence-electron chi connectivity index (χ3n) is 2.68. The van der Waals surface area contributed by atoms with Gasteiger partial charge in [-0.3, -0.25) is 0 Å². The number of halogens is 2. The molecule has 0 saturated carbocycles. The molecule has 1 aromatic rings. The molecule has 1 N–H and O–H groups in total. The van der Waals surface area contributed by atoms with Crippen LogP contribution in [0, 0.1) is 0 Å². The molecule has 0 spiro atoms. The highest BCUT2D eigenvalue weighted by Gasteiger charge is 2.29. The predicted octanol–water partition coefficient (Wildman–Crippen LogP) is 0.952. The third-order valence-corrected chi connectivity index (χ3v) is 4.58. The highest BCUT2D eigenvalue weighted by molar-refractivity contribution is 7.89. The first-order chi connectivity index (χ1) is 9.86. The molecular weight excluding hydrogens is 308 g/mol. The fourth-order valence-corrected chi connectivity index (χ4v) is 3.25. The molecule has 0 aliphatic heterocycles. The maximum absolute atomic E-state index is 12.5. The van der Waals surface area contributed by atoms with Crippen LogP contribution in [0.2, 0.25) is 0 Å². The van der Waals surface area contributed by atoms with Gasteiger partial charge >= 0.3 is 0 Å². The van der Waals surface area contributed by atoms with Gasteiger partial charge in [0.15, 0.2) is 0 Å². The number of alkyl halides is 2. The molecule has 0 aliphatic rings. The molecule has 120 valence electrons. The topological polar surface area (TPSA) is 76.1 Å². The summed E-state index contributed by atoms with van der Waals surface area (Å²) in [4.78, 5) is -0.264. The third kappa shape index (κ3) is 4.26. The van der Waals surface area contributed by atoms with Crippen LogP contribution >= 0.6 is 0 Å². The summed E-state index contributed by atoms with van der Waals surface area (Å²) < 4.78 is 60.3. The van der Waals surface area contributed by atoms with E-state index in [0.717, 1.165) is 0 Å². The number of hydrogen-bond acceptors (Lipinski definition) is 5. The minimum atomic E-state index is -4.21. The lowest BCUT2D eigenvalue weighted by Crippen LogP contribution is -2.37. The Morgan fingerprint density at radius 1 is 1.29 bits per heavy atom. The predicted molar refractivity (Wildman–Crippen MR) is 71.4 cm³/mol. The second kappa shape index (κ2) is 7.53. The van der Waals surface area contributed by atoms with E-state index in [0.29, 0.717) is 10.1 Å². The first-order valence-electron chi connectivity index (χ1n) is 5.98. The number of benzene rings is 1. The van der Waals surface area contributed by atoms with Crippen LogP contribution in [0.4, 0.5) is 8.78 Å². The summed E-state index contributed by atoms with van der Waals surface area (Å²) >= 11 is 0. The smallest absolute Gasteiger partial charge is 0.252 e. The molecule has 0 saturated heterocycles. The summed E-state index contributed by atoms with van der Waals surface area (Å²) in [5, 5.41) is 8.87. The zero-order chi connectivity index (χ0) is 16.0. The highest BCUT2D eigenvalue weighted by Crippen LogP contribution is 2.30. The van der Waals surface area contributed by atoms with Gasteiger partial charge in [0.25, 0.3) is 6.43 Å². The van der Waals surface area contributed by atoms with Crippen molar-refractivity contribution in [3.8, 4) is 11.5 Å². The average molecular weight is 325 g/mol. The Labute approximate surface area is 121 Å². The summed E-state index contributed by atoms with van der Waals surface area (Å²) in [6, 6.07) is 3.93. The first kappa shape index (κ1) is 17.6. The molecule has 0 aliphatic carbocycles. The summed E-state index contributed by atoms with van der Waals surface area (Å²) in [5.74, 6) is 0.347. The van der Waals surface area contributed by atoms with Gasteiger partial charge in [-0.05, 0) is 12.1 Å². The Morgan fingerprint density at radius 2 is 1.95 bits per heavy atom. The van der Waals surface area contributed by atoms with Crippen LogP contribution in [0.5, 0.6) is 11.5 Å². The fourth-order valence-electron chi connectivity index (χ4n) is 1.70. The maximum Gasteiger partial charge on any atom is 0.252 e. The van der Waals surface area contributed by atoms with Gasteiger partial charge in [0.05, 0.1) is 27.4 Å². The van der Waals surface area contributed by atoms with Gasteiger partial charge < -0.3 is 14.6 Å². The van der Waals surface area contributed by atoms with E-state index in [4.69, 9.17) is 14.6 Å². The van der Waals surface area contributed by atoms with E-state index in [-0.39, 0.29) is 10.6 Å². The van der Waals surface area contributed by atoms with Crippen LogP contribution in [-0.4, -0.2) is 58.2 Å². The fraction of sp³-hybridized carbons (Fsp3) is 0.500. The van der Waals surface area contributed by atoms with Crippen LogP contribution in [0.3, 0.4) is 0 Å². The van der Waals surface area contributed by atoms with Crippen molar-refractivity contribution in [3.63, 3.8) is 0 Å². The van der Waals surface area contributed by atoms with Crippen LogP contribution in [-0.2, 0) is 10.0 Å². The van der Waals surface area contributed by atoms with Crippen LogP contribution < -0.4 is 9.47 Å². The van der Waals surface area contributed by atoms with Gasteiger partial charge in [0.1, 0.15) is 16.4 Å². The molecule has 21 heavy (non-hydrogen) atoms. The first-order valence-corrected chi connectivity index (χ1v) is 7.42. The molecule has 0 aromatic heterocycles. The molecule has 0 amide bonds. The lowest BCUT2D eigenvalue weighted by molar-refractivity contribution is 0.113. The number of aliphatic hydroxyl groups excluding tert-OH is 1. The van der Waals surface area contributed by atoms with Crippen molar-refractivity contribution >= 4 is 10.0 Å². The second-order valence-corrected chi connectivity index (χ2v) is 5.90. The van der Waals surface area contributed by atoms with Gasteiger partial charge in [-0.25, -0.2) is 17.2 Å². The number of nitrogens with zero attached hydrogens (tertiary/aromatic N) is 1. The summed E-state index contributed by atoms with van der Waals surface area (Å²) in [7, 11) is -1.55. The molecule has 6 nitrogen and oxygen atoms in total. The summed E-state index contributed by atoms with van der Waals surface area (Å²) in [6.45, 7) is -2.00. The normalized spacial score (nSPS) is 12.0. The zero-order valence-electron chi connectivity index (χ0n) is 11.6. The van der Waals surface area contributed by atoms with Crippen molar-refractivity contribution < 1.29 is 31.8 Å². The van der Waals surface area contributed by atoms with E-state index in [1.807, 2.05) is 0 Å². The summed E-state index contributed by atoms with van der Waals surface area (Å²) in [5.41, 5.74) is 0. The van der Waals surface area contributed by atoms with Crippen molar-refractivity contribution in [2.45, 2.75) is 11.3 Å². The minimum absolute atomic E-state index is 0.0217. The van der Waals surface area contributed by atoms with Gasteiger partial charge in [-0.15, -0.1) is 0 Å². The lowest BCUT2D eigenvalue weighted by atomic mass is 10.3. The number of rotatable bonds is 8. The van der Waals surface area contributed by atoms with E-state index in [2.05, 4.69) is 0 Å². The quantitative estimate of drug-likeness (QED) is 0.770. The number of hydrogen-bond donors (Lipinski definition) is 1. The molecule has 1 rings (SSSR count). The van der Waals surface area contributed by atoms with Crippen molar-refractivity contribution in [2.75, 3.05) is 33.9 Å². The monoisotopic (exact) mass is 325 g/mol. The number of aliphatic hydroxyl groups is 1. The second-order valence-electron chi connectivity index (χ2n) is 3.99. The zero-order valence-corrected chi connectivity index (χ0v) is 12.4. The van der Waals surface area contributed by atoms with E-state index in [1.54, 1.807) is 0 Å². The Hall–Kier alpha value is -1.45.